The van der Waals surface area contributed by atoms with E-state index >= 15 is 0 Å². The summed E-state index contributed by atoms with van der Waals surface area (Å²) in [6.45, 7) is 2.01. The highest BCUT2D eigenvalue weighted by Crippen LogP contribution is 2.13. The van der Waals surface area contributed by atoms with Gasteiger partial charge in [-0.2, -0.15) is 14.9 Å². The molecule has 6 heteroatoms. The van der Waals surface area contributed by atoms with Crippen LogP contribution in [-0.2, 0) is 6.42 Å². The van der Waals surface area contributed by atoms with Gasteiger partial charge in [0.25, 0.3) is 0 Å². The van der Waals surface area contributed by atoms with E-state index in [9.17, 15) is 0 Å². The molecule has 0 aliphatic rings. The summed E-state index contributed by atoms with van der Waals surface area (Å²) in [4.78, 5) is 0. The number of nitrogens with zero attached hydrogens (tertiary/aromatic N) is 3. The van der Waals surface area contributed by atoms with E-state index in [1.807, 2.05) is 31.2 Å². The molecule has 1 aromatic carbocycles. The maximum atomic E-state index is 5.11. The monoisotopic (exact) mass is 310 g/mol. The molecule has 1 N–H and O–H groups in total. The van der Waals surface area contributed by atoms with Gasteiger partial charge in [-0.15, -0.1) is 0 Å². The lowest BCUT2D eigenvalue weighted by atomic mass is 10.2. The average molecular weight is 311 g/mol. The second-order valence-corrected chi connectivity index (χ2v) is 4.62. The van der Waals surface area contributed by atoms with E-state index in [-0.39, 0.29) is 0 Å². The topological polar surface area (TPSA) is 46.0 Å². The highest BCUT2D eigenvalue weighted by molar-refractivity contribution is 9.10. The molecule has 0 fully saturated rings. The van der Waals surface area contributed by atoms with Crippen molar-refractivity contribution in [2.75, 3.05) is 0 Å². The molecular weight excluding hydrogens is 300 g/mol. The van der Waals surface area contributed by atoms with Crippen LogP contribution in [0.5, 0.6) is 0 Å². The molecule has 0 bridgehead atoms. The van der Waals surface area contributed by atoms with Crippen LogP contribution in [0.2, 0.25) is 0 Å². The van der Waals surface area contributed by atoms with Gasteiger partial charge in [-0.25, -0.2) is 0 Å². The third kappa shape index (κ3) is 2.70. The van der Waals surface area contributed by atoms with Gasteiger partial charge in [-0.05, 0) is 18.3 Å². The SMILES string of the molecule is CCc1n[nH]c(=S)n1/N=C/c1ccccc1Br. The van der Waals surface area contributed by atoms with Crippen molar-refractivity contribution in [3.63, 3.8) is 0 Å². The number of halogens is 1. The number of nitrogens with one attached hydrogen (secondary N) is 1. The van der Waals surface area contributed by atoms with Crippen molar-refractivity contribution in [2.45, 2.75) is 13.3 Å². The molecule has 0 amide bonds. The van der Waals surface area contributed by atoms with Crippen LogP contribution in [0.4, 0.5) is 0 Å². The smallest absolute Gasteiger partial charge is 0.216 e. The lowest BCUT2D eigenvalue weighted by Gasteiger charge is -1.98. The number of benzene rings is 1. The number of aromatic nitrogens is 3. The maximum Gasteiger partial charge on any atom is 0.216 e. The first-order chi connectivity index (χ1) is 8.22. The predicted octanol–water partition coefficient (Wildman–Crippen LogP) is 3.15. The molecule has 4 nitrogen and oxygen atoms in total. The van der Waals surface area contributed by atoms with Crippen LogP contribution in [0.15, 0.2) is 33.8 Å². The van der Waals surface area contributed by atoms with Gasteiger partial charge in [-0.3, -0.25) is 5.10 Å². The Morgan fingerprint density at radius 3 is 3.00 bits per heavy atom. The van der Waals surface area contributed by atoms with Gasteiger partial charge in [0.2, 0.25) is 4.77 Å². The van der Waals surface area contributed by atoms with E-state index in [1.165, 1.54) is 0 Å². The second-order valence-electron chi connectivity index (χ2n) is 3.38. The van der Waals surface area contributed by atoms with Crippen LogP contribution in [0.3, 0.4) is 0 Å². The van der Waals surface area contributed by atoms with Crippen LogP contribution < -0.4 is 0 Å². The molecule has 2 rings (SSSR count). The summed E-state index contributed by atoms with van der Waals surface area (Å²) in [6, 6.07) is 7.86. The molecule has 0 unspecified atom stereocenters. The fraction of sp³-hybridized carbons (Fsp3) is 0.182. The first-order valence-electron chi connectivity index (χ1n) is 5.17. The van der Waals surface area contributed by atoms with Crippen molar-refractivity contribution in [3.8, 4) is 0 Å². The molecule has 88 valence electrons. The minimum absolute atomic E-state index is 0.505. The molecule has 1 aromatic heterocycles. The summed E-state index contributed by atoms with van der Waals surface area (Å²) in [5, 5.41) is 11.1. The molecule has 0 saturated heterocycles. The zero-order chi connectivity index (χ0) is 12.3. The predicted molar refractivity (Wildman–Crippen MR) is 73.9 cm³/mol. The largest absolute Gasteiger partial charge is 0.250 e. The van der Waals surface area contributed by atoms with E-state index in [2.05, 4.69) is 31.2 Å². The molecule has 0 aliphatic carbocycles. The molecule has 1 heterocycles. The zero-order valence-corrected chi connectivity index (χ0v) is 11.6. The molecule has 2 aromatic rings. The summed E-state index contributed by atoms with van der Waals surface area (Å²) in [5.41, 5.74) is 0.998. The zero-order valence-electron chi connectivity index (χ0n) is 9.22. The van der Waals surface area contributed by atoms with E-state index in [4.69, 9.17) is 12.2 Å². The summed E-state index contributed by atoms with van der Waals surface area (Å²) in [7, 11) is 0. The molecule has 0 radical (unpaired) electrons. The van der Waals surface area contributed by atoms with E-state index in [0.717, 1.165) is 22.3 Å². The highest BCUT2D eigenvalue weighted by Gasteiger charge is 2.01. The highest BCUT2D eigenvalue weighted by atomic mass is 79.9. The van der Waals surface area contributed by atoms with Crippen molar-refractivity contribution in [1.29, 1.82) is 0 Å². The van der Waals surface area contributed by atoms with E-state index < -0.39 is 0 Å². The third-order valence-corrected chi connectivity index (χ3v) is 3.24. The van der Waals surface area contributed by atoms with Crippen molar-refractivity contribution in [3.05, 3.63) is 44.9 Å². The fourth-order valence-electron chi connectivity index (χ4n) is 1.37. The number of aryl methyl sites for hydroxylation is 1. The van der Waals surface area contributed by atoms with E-state index in [1.54, 1.807) is 10.9 Å². The Kier molecular flexibility index (Phi) is 3.86. The van der Waals surface area contributed by atoms with Crippen LogP contribution in [-0.4, -0.2) is 21.1 Å². The molecule has 0 saturated carbocycles. The summed E-state index contributed by atoms with van der Waals surface area (Å²) < 4.78 is 3.14. The summed E-state index contributed by atoms with van der Waals surface area (Å²) >= 11 is 8.57. The molecular formula is C11H11BrN4S. The van der Waals surface area contributed by atoms with Gasteiger partial charge < -0.3 is 0 Å². The second kappa shape index (κ2) is 5.37. The van der Waals surface area contributed by atoms with Crippen LogP contribution in [0.25, 0.3) is 0 Å². The fourth-order valence-corrected chi connectivity index (χ4v) is 1.96. The summed E-state index contributed by atoms with van der Waals surface area (Å²) in [6.07, 6.45) is 2.54. The number of rotatable bonds is 3. The normalized spacial score (nSPS) is 11.2. The maximum absolute atomic E-state index is 5.11. The standard InChI is InChI=1S/C11H11BrN4S/c1-2-10-14-15-11(17)16(10)13-7-8-5-3-4-6-9(8)12/h3-7H,2H2,1H3,(H,15,17)/b13-7+. The number of H-pyrrole nitrogens is 1. The van der Waals surface area contributed by atoms with Gasteiger partial charge in [0, 0.05) is 16.5 Å². The minimum atomic E-state index is 0.505. The Balaban J connectivity index is 2.35. The third-order valence-electron chi connectivity index (χ3n) is 2.25. The van der Waals surface area contributed by atoms with Crippen molar-refractivity contribution in [1.82, 2.24) is 14.9 Å². The summed E-state index contributed by atoms with van der Waals surface area (Å²) in [5.74, 6) is 0.818. The number of hydrogen-bond acceptors (Lipinski definition) is 3. The minimum Gasteiger partial charge on any atom is -0.250 e. The van der Waals surface area contributed by atoms with Crippen LogP contribution >= 0.6 is 28.1 Å². The molecule has 0 atom stereocenters. The van der Waals surface area contributed by atoms with Gasteiger partial charge in [0.05, 0.1) is 6.21 Å². The first kappa shape index (κ1) is 12.2. The quantitative estimate of drug-likeness (QED) is 0.699. The van der Waals surface area contributed by atoms with E-state index in [0.29, 0.717) is 4.77 Å². The average Bonchev–Trinajstić information content (AvgIpc) is 2.69. The molecule has 0 spiro atoms. The number of aromatic amines is 1. The van der Waals surface area contributed by atoms with Gasteiger partial charge >= 0.3 is 0 Å². The molecule has 17 heavy (non-hydrogen) atoms. The Bertz CT molecular complexity index is 600. The van der Waals surface area contributed by atoms with Gasteiger partial charge in [0.15, 0.2) is 5.82 Å². The van der Waals surface area contributed by atoms with Crippen molar-refractivity contribution < 1.29 is 0 Å². The van der Waals surface area contributed by atoms with Crippen molar-refractivity contribution in [2.24, 2.45) is 5.10 Å². The lowest BCUT2D eigenvalue weighted by molar-refractivity contribution is 0.780. The lowest BCUT2D eigenvalue weighted by Crippen LogP contribution is -1.97. The molecule has 0 aliphatic heterocycles. The Morgan fingerprint density at radius 2 is 2.29 bits per heavy atom. The van der Waals surface area contributed by atoms with Crippen LogP contribution in [0, 0.1) is 4.77 Å². The van der Waals surface area contributed by atoms with Gasteiger partial charge in [-0.1, -0.05) is 41.1 Å². The Hall–Kier alpha value is -1.27. The van der Waals surface area contributed by atoms with Crippen LogP contribution in [0.1, 0.15) is 18.3 Å². The first-order valence-corrected chi connectivity index (χ1v) is 6.37. The Labute approximate surface area is 113 Å². The number of hydrogen-bond donors (Lipinski definition) is 1. The van der Waals surface area contributed by atoms with Crippen molar-refractivity contribution >= 4 is 34.4 Å². The van der Waals surface area contributed by atoms with Gasteiger partial charge in [0.1, 0.15) is 0 Å². The Morgan fingerprint density at radius 1 is 1.53 bits per heavy atom.